The third kappa shape index (κ3) is 4.07. The number of rotatable bonds is 4. The first kappa shape index (κ1) is 16.8. The molecule has 0 aliphatic rings. The van der Waals surface area contributed by atoms with Crippen molar-refractivity contribution in [3.05, 3.63) is 76.9 Å². The van der Waals surface area contributed by atoms with Gasteiger partial charge >= 0.3 is 0 Å². The third-order valence-corrected chi connectivity index (χ3v) is 3.47. The largest absolute Gasteiger partial charge is 0.339 e. The molecule has 2 N–H and O–H groups in total. The second-order valence-corrected chi connectivity index (χ2v) is 5.42. The Balaban J connectivity index is 1.71. The van der Waals surface area contributed by atoms with Gasteiger partial charge in [-0.1, -0.05) is 17.7 Å². The average Bonchev–Trinajstić information content (AvgIpc) is 2.61. The number of hydrogen-bond acceptors (Lipinski definition) is 4. The van der Waals surface area contributed by atoms with Crippen molar-refractivity contribution in [2.75, 3.05) is 10.6 Å². The molecule has 1 amide bonds. The van der Waals surface area contributed by atoms with E-state index in [1.165, 1.54) is 18.2 Å². The monoisotopic (exact) mass is 360 g/mol. The molecule has 0 spiro atoms. The Morgan fingerprint density at radius 1 is 0.920 bits per heavy atom. The molecular formula is C17H11ClF2N4O. The number of carbonyl (C=O) groups excluding carboxylic acids is 1. The molecule has 0 saturated heterocycles. The van der Waals surface area contributed by atoms with Crippen molar-refractivity contribution >= 4 is 34.7 Å². The Morgan fingerprint density at radius 2 is 1.60 bits per heavy atom. The summed E-state index contributed by atoms with van der Waals surface area (Å²) in [6.07, 6.45) is 0. The molecule has 126 valence electrons. The number of para-hydroxylation sites is 1. The van der Waals surface area contributed by atoms with Gasteiger partial charge in [0.25, 0.3) is 5.91 Å². The molecule has 25 heavy (non-hydrogen) atoms. The standard InChI is InChI=1S/C17H11ClF2N4O/c18-10-4-6-11(7-5-10)21-15-9-8-14(23-24-15)17(25)22-16-12(19)2-1-3-13(16)20/h1-9H,(H,21,24)(H,22,25). The quantitative estimate of drug-likeness (QED) is 0.723. The molecule has 0 radical (unpaired) electrons. The number of hydrogen-bond donors (Lipinski definition) is 2. The van der Waals surface area contributed by atoms with Crippen molar-refractivity contribution in [1.29, 1.82) is 0 Å². The highest BCUT2D eigenvalue weighted by Gasteiger charge is 2.14. The van der Waals surface area contributed by atoms with Gasteiger partial charge in [0, 0.05) is 10.7 Å². The molecule has 0 bridgehead atoms. The molecule has 0 fully saturated rings. The predicted octanol–water partition coefficient (Wildman–Crippen LogP) is 4.40. The van der Waals surface area contributed by atoms with Crippen LogP contribution in [0.1, 0.15) is 10.5 Å². The second-order valence-electron chi connectivity index (χ2n) is 4.99. The van der Waals surface area contributed by atoms with E-state index in [0.29, 0.717) is 10.8 Å². The summed E-state index contributed by atoms with van der Waals surface area (Å²) in [6.45, 7) is 0. The number of benzene rings is 2. The summed E-state index contributed by atoms with van der Waals surface area (Å²) in [5, 5.41) is 13.3. The third-order valence-electron chi connectivity index (χ3n) is 3.22. The van der Waals surface area contributed by atoms with Gasteiger partial charge in [0.1, 0.15) is 17.3 Å². The number of aromatic nitrogens is 2. The van der Waals surface area contributed by atoms with Gasteiger partial charge in [-0.25, -0.2) is 8.78 Å². The molecule has 2 aromatic carbocycles. The van der Waals surface area contributed by atoms with Crippen molar-refractivity contribution in [3.63, 3.8) is 0 Å². The zero-order chi connectivity index (χ0) is 17.8. The van der Waals surface area contributed by atoms with Crippen LogP contribution < -0.4 is 10.6 Å². The summed E-state index contributed by atoms with van der Waals surface area (Å²) < 4.78 is 27.1. The zero-order valence-electron chi connectivity index (χ0n) is 12.6. The van der Waals surface area contributed by atoms with Crippen LogP contribution in [0.4, 0.5) is 26.0 Å². The van der Waals surface area contributed by atoms with Gasteiger partial charge in [-0.15, -0.1) is 10.2 Å². The van der Waals surface area contributed by atoms with Crippen LogP contribution >= 0.6 is 11.6 Å². The maximum absolute atomic E-state index is 13.6. The highest BCUT2D eigenvalue weighted by Crippen LogP contribution is 2.19. The van der Waals surface area contributed by atoms with E-state index in [1.54, 1.807) is 24.3 Å². The lowest BCUT2D eigenvalue weighted by molar-refractivity contribution is 0.102. The van der Waals surface area contributed by atoms with Crippen LogP contribution in [-0.2, 0) is 0 Å². The minimum Gasteiger partial charge on any atom is -0.339 e. The second kappa shape index (κ2) is 7.23. The topological polar surface area (TPSA) is 66.9 Å². The first-order valence-electron chi connectivity index (χ1n) is 7.14. The molecule has 3 rings (SSSR count). The van der Waals surface area contributed by atoms with Gasteiger partial charge in [-0.2, -0.15) is 0 Å². The Labute approximate surface area is 146 Å². The zero-order valence-corrected chi connectivity index (χ0v) is 13.4. The number of carbonyl (C=O) groups is 1. The molecule has 1 aromatic heterocycles. The van der Waals surface area contributed by atoms with Gasteiger partial charge in [0.15, 0.2) is 11.5 Å². The van der Waals surface area contributed by atoms with Crippen molar-refractivity contribution in [1.82, 2.24) is 10.2 Å². The van der Waals surface area contributed by atoms with Crippen LogP contribution in [0.25, 0.3) is 0 Å². The lowest BCUT2D eigenvalue weighted by Crippen LogP contribution is -2.16. The Bertz CT molecular complexity index is 881. The highest BCUT2D eigenvalue weighted by molar-refractivity contribution is 6.30. The molecule has 0 aliphatic heterocycles. The van der Waals surface area contributed by atoms with E-state index in [2.05, 4.69) is 20.8 Å². The van der Waals surface area contributed by atoms with Crippen molar-refractivity contribution < 1.29 is 13.6 Å². The molecule has 8 heteroatoms. The summed E-state index contributed by atoms with van der Waals surface area (Å²) in [6, 6.07) is 13.1. The predicted molar refractivity (Wildman–Crippen MR) is 91.1 cm³/mol. The minimum absolute atomic E-state index is 0.0793. The molecule has 1 heterocycles. The fraction of sp³-hybridized carbons (Fsp3) is 0. The fourth-order valence-corrected chi connectivity index (χ4v) is 2.12. The lowest BCUT2D eigenvalue weighted by atomic mass is 10.2. The van der Waals surface area contributed by atoms with E-state index in [0.717, 1.165) is 17.8 Å². The molecule has 0 saturated carbocycles. The number of halogens is 3. The van der Waals surface area contributed by atoms with Crippen LogP contribution in [-0.4, -0.2) is 16.1 Å². The van der Waals surface area contributed by atoms with Crippen molar-refractivity contribution in [2.24, 2.45) is 0 Å². The van der Waals surface area contributed by atoms with Gasteiger partial charge in [-0.3, -0.25) is 4.79 Å². The number of nitrogens with one attached hydrogen (secondary N) is 2. The van der Waals surface area contributed by atoms with Crippen LogP contribution in [0.3, 0.4) is 0 Å². The van der Waals surface area contributed by atoms with Gasteiger partial charge in [0.2, 0.25) is 0 Å². The van der Waals surface area contributed by atoms with Crippen LogP contribution in [0.15, 0.2) is 54.6 Å². The van der Waals surface area contributed by atoms with Crippen molar-refractivity contribution in [2.45, 2.75) is 0 Å². The number of anilines is 3. The molecule has 0 atom stereocenters. The average molecular weight is 361 g/mol. The van der Waals surface area contributed by atoms with Crippen LogP contribution in [0.2, 0.25) is 5.02 Å². The van der Waals surface area contributed by atoms with Gasteiger partial charge in [-0.05, 0) is 48.5 Å². The first-order valence-corrected chi connectivity index (χ1v) is 7.52. The molecule has 0 unspecified atom stereocenters. The molecular weight excluding hydrogens is 350 g/mol. The van der Waals surface area contributed by atoms with Crippen molar-refractivity contribution in [3.8, 4) is 0 Å². The van der Waals surface area contributed by atoms with Crippen LogP contribution in [0.5, 0.6) is 0 Å². The Kier molecular flexibility index (Phi) is 4.85. The van der Waals surface area contributed by atoms with Gasteiger partial charge in [0.05, 0.1) is 0 Å². The number of amides is 1. The summed E-state index contributed by atoms with van der Waals surface area (Å²) >= 11 is 5.81. The van der Waals surface area contributed by atoms with E-state index >= 15 is 0 Å². The highest BCUT2D eigenvalue weighted by atomic mass is 35.5. The van der Waals surface area contributed by atoms with E-state index in [1.807, 2.05) is 0 Å². The minimum atomic E-state index is -0.873. The summed E-state index contributed by atoms with van der Waals surface area (Å²) in [5.41, 5.74) is 0.131. The summed E-state index contributed by atoms with van der Waals surface area (Å²) in [5.74, 6) is -2.12. The number of nitrogens with zero attached hydrogens (tertiary/aromatic N) is 2. The van der Waals surface area contributed by atoms with E-state index in [-0.39, 0.29) is 5.69 Å². The Morgan fingerprint density at radius 3 is 2.20 bits per heavy atom. The SMILES string of the molecule is O=C(Nc1c(F)cccc1F)c1ccc(Nc2ccc(Cl)cc2)nn1. The van der Waals surface area contributed by atoms with E-state index < -0.39 is 23.2 Å². The summed E-state index contributed by atoms with van der Waals surface area (Å²) in [4.78, 5) is 12.0. The van der Waals surface area contributed by atoms with E-state index in [9.17, 15) is 13.6 Å². The first-order chi connectivity index (χ1) is 12.0. The van der Waals surface area contributed by atoms with E-state index in [4.69, 9.17) is 11.6 Å². The normalized spacial score (nSPS) is 10.4. The summed E-state index contributed by atoms with van der Waals surface area (Å²) in [7, 11) is 0. The maximum Gasteiger partial charge on any atom is 0.276 e. The molecule has 0 aliphatic carbocycles. The smallest absolute Gasteiger partial charge is 0.276 e. The maximum atomic E-state index is 13.6. The van der Waals surface area contributed by atoms with Gasteiger partial charge < -0.3 is 10.6 Å². The van der Waals surface area contributed by atoms with Crippen LogP contribution in [0, 0.1) is 11.6 Å². The fourth-order valence-electron chi connectivity index (χ4n) is 2.00. The Hall–Kier alpha value is -3.06. The lowest BCUT2D eigenvalue weighted by Gasteiger charge is -2.08. The molecule has 5 nitrogen and oxygen atoms in total. The molecule has 3 aromatic rings.